The average molecular weight is 362 g/mol. The van der Waals surface area contributed by atoms with Crippen molar-refractivity contribution in [3.8, 4) is 5.75 Å². The second-order valence-electron chi connectivity index (χ2n) is 7.12. The number of aliphatic imine (C=N–C) groups is 1. The van der Waals surface area contributed by atoms with Crippen molar-refractivity contribution in [3.63, 3.8) is 0 Å². The van der Waals surface area contributed by atoms with Gasteiger partial charge in [-0.3, -0.25) is 0 Å². The molecular weight excluding hydrogens is 326 g/mol. The number of para-hydroxylation sites is 1. The number of ether oxygens (including phenoxy) is 1. The summed E-state index contributed by atoms with van der Waals surface area (Å²) in [6.45, 7) is 7.27. The van der Waals surface area contributed by atoms with Crippen LogP contribution in [0, 0.1) is 5.41 Å². The molecule has 2 rings (SSSR count). The molecule has 0 aliphatic heterocycles. The van der Waals surface area contributed by atoms with Crippen molar-refractivity contribution in [1.29, 1.82) is 0 Å². The molecule has 0 bridgehead atoms. The molecule has 1 aliphatic rings. The number of hydrogen-bond acceptors (Lipinski definition) is 3. The van der Waals surface area contributed by atoms with E-state index in [9.17, 15) is 5.11 Å². The van der Waals surface area contributed by atoms with E-state index in [0.29, 0.717) is 13.2 Å². The van der Waals surface area contributed by atoms with Crippen LogP contribution in [0.2, 0.25) is 0 Å². The van der Waals surface area contributed by atoms with Gasteiger partial charge in [0.25, 0.3) is 0 Å². The molecule has 1 aromatic rings. The second kappa shape index (κ2) is 11.1. The van der Waals surface area contributed by atoms with Crippen molar-refractivity contribution in [3.05, 3.63) is 29.8 Å². The van der Waals surface area contributed by atoms with E-state index in [4.69, 9.17) is 9.73 Å². The van der Waals surface area contributed by atoms with Crippen molar-refractivity contribution < 1.29 is 9.84 Å². The molecule has 1 fully saturated rings. The van der Waals surface area contributed by atoms with Crippen molar-refractivity contribution in [1.82, 2.24) is 10.6 Å². The van der Waals surface area contributed by atoms with Crippen LogP contribution in [0.15, 0.2) is 29.3 Å². The predicted molar refractivity (Wildman–Crippen MR) is 108 cm³/mol. The van der Waals surface area contributed by atoms with Gasteiger partial charge < -0.3 is 20.5 Å². The zero-order valence-corrected chi connectivity index (χ0v) is 16.4. The Morgan fingerprint density at radius 3 is 2.62 bits per heavy atom. The molecule has 0 aromatic heterocycles. The Morgan fingerprint density at radius 1 is 1.15 bits per heavy atom. The molecule has 1 saturated carbocycles. The van der Waals surface area contributed by atoms with Crippen LogP contribution < -0.4 is 15.4 Å². The molecule has 5 nitrogen and oxygen atoms in total. The van der Waals surface area contributed by atoms with E-state index in [0.717, 1.165) is 36.8 Å². The molecule has 0 atom stereocenters. The van der Waals surface area contributed by atoms with Gasteiger partial charge in [0.05, 0.1) is 13.2 Å². The fourth-order valence-corrected chi connectivity index (χ4v) is 3.76. The van der Waals surface area contributed by atoms with E-state index >= 15 is 0 Å². The van der Waals surface area contributed by atoms with Gasteiger partial charge in [-0.05, 0) is 44.6 Å². The molecule has 0 radical (unpaired) electrons. The zero-order chi connectivity index (χ0) is 18.7. The number of nitrogens with zero attached hydrogens (tertiary/aromatic N) is 1. The number of hydrogen-bond donors (Lipinski definition) is 3. The van der Waals surface area contributed by atoms with Gasteiger partial charge in [0.2, 0.25) is 0 Å². The Hall–Kier alpha value is -1.75. The third kappa shape index (κ3) is 6.20. The number of rotatable bonds is 9. The predicted octanol–water partition coefficient (Wildman–Crippen LogP) is 3.47. The van der Waals surface area contributed by atoms with Gasteiger partial charge in [0.15, 0.2) is 5.96 Å². The van der Waals surface area contributed by atoms with Gasteiger partial charge >= 0.3 is 0 Å². The van der Waals surface area contributed by atoms with E-state index in [1.54, 1.807) is 0 Å². The average Bonchev–Trinajstić information content (AvgIpc) is 2.66. The van der Waals surface area contributed by atoms with Gasteiger partial charge in [-0.15, -0.1) is 0 Å². The maximum atomic E-state index is 9.50. The van der Waals surface area contributed by atoms with Crippen molar-refractivity contribution >= 4 is 5.96 Å². The Balaban J connectivity index is 2.02. The van der Waals surface area contributed by atoms with Gasteiger partial charge in [-0.2, -0.15) is 0 Å². The smallest absolute Gasteiger partial charge is 0.191 e. The molecule has 1 aliphatic carbocycles. The molecule has 0 saturated heterocycles. The summed E-state index contributed by atoms with van der Waals surface area (Å²) in [5.74, 6) is 1.74. The lowest BCUT2D eigenvalue weighted by atomic mass is 9.72. The van der Waals surface area contributed by atoms with Gasteiger partial charge in [-0.1, -0.05) is 37.5 Å². The third-order valence-electron chi connectivity index (χ3n) is 5.21. The first kappa shape index (κ1) is 20.6. The molecule has 146 valence electrons. The van der Waals surface area contributed by atoms with Crippen molar-refractivity contribution in [2.75, 3.05) is 26.3 Å². The molecule has 3 N–H and O–H groups in total. The lowest BCUT2D eigenvalue weighted by Crippen LogP contribution is -2.44. The maximum absolute atomic E-state index is 9.50. The topological polar surface area (TPSA) is 65.9 Å². The zero-order valence-electron chi connectivity index (χ0n) is 16.4. The van der Waals surface area contributed by atoms with Crippen molar-refractivity contribution in [2.45, 2.75) is 58.9 Å². The SMILES string of the molecule is CCNC(=NCc1ccccc1OCC)NCC1(CCO)CCCCC1. The Labute approximate surface area is 158 Å². The fourth-order valence-electron chi connectivity index (χ4n) is 3.76. The second-order valence-corrected chi connectivity index (χ2v) is 7.12. The molecule has 0 unspecified atom stereocenters. The first-order valence-electron chi connectivity index (χ1n) is 10.1. The minimum atomic E-state index is 0.201. The highest BCUT2D eigenvalue weighted by molar-refractivity contribution is 5.79. The van der Waals surface area contributed by atoms with Gasteiger partial charge in [-0.25, -0.2) is 4.99 Å². The summed E-state index contributed by atoms with van der Waals surface area (Å²) in [6.07, 6.45) is 7.08. The molecule has 0 spiro atoms. The molecular formula is C21H35N3O2. The fraction of sp³-hybridized carbons (Fsp3) is 0.667. The van der Waals surface area contributed by atoms with Crippen molar-refractivity contribution in [2.24, 2.45) is 10.4 Å². The van der Waals surface area contributed by atoms with Crippen LogP contribution in [-0.2, 0) is 6.54 Å². The highest BCUT2D eigenvalue weighted by atomic mass is 16.5. The third-order valence-corrected chi connectivity index (χ3v) is 5.21. The summed E-state index contributed by atoms with van der Waals surface area (Å²) in [7, 11) is 0. The summed E-state index contributed by atoms with van der Waals surface area (Å²) < 4.78 is 5.69. The van der Waals surface area contributed by atoms with Crippen LogP contribution in [-0.4, -0.2) is 37.4 Å². The normalized spacial score (nSPS) is 17.0. The molecule has 26 heavy (non-hydrogen) atoms. The first-order valence-corrected chi connectivity index (χ1v) is 10.1. The molecule has 1 aromatic carbocycles. The van der Waals surface area contributed by atoms with Crippen LogP contribution in [0.25, 0.3) is 0 Å². The quantitative estimate of drug-likeness (QED) is 0.465. The maximum Gasteiger partial charge on any atom is 0.191 e. The van der Waals surface area contributed by atoms with Gasteiger partial charge in [0.1, 0.15) is 5.75 Å². The summed E-state index contributed by atoms with van der Waals surface area (Å²) >= 11 is 0. The minimum absolute atomic E-state index is 0.201. The highest BCUT2D eigenvalue weighted by Crippen LogP contribution is 2.38. The molecule has 5 heteroatoms. The van der Waals surface area contributed by atoms with Crippen LogP contribution in [0.3, 0.4) is 0 Å². The summed E-state index contributed by atoms with van der Waals surface area (Å²) in [5, 5.41) is 16.4. The summed E-state index contributed by atoms with van der Waals surface area (Å²) in [6, 6.07) is 8.06. The van der Waals surface area contributed by atoms with Crippen LogP contribution in [0.4, 0.5) is 0 Å². The van der Waals surface area contributed by atoms with E-state index < -0.39 is 0 Å². The Morgan fingerprint density at radius 2 is 1.92 bits per heavy atom. The molecule has 0 amide bonds. The standard InChI is InChI=1S/C21H35N3O2/c1-3-22-20(23-16-18-10-6-7-11-19(18)26-4-2)24-17-21(14-15-25)12-8-5-9-13-21/h6-7,10-11,25H,3-5,8-9,12-17H2,1-2H3,(H2,22,23,24). The van der Waals surface area contributed by atoms with Crippen LogP contribution >= 0.6 is 0 Å². The monoisotopic (exact) mass is 361 g/mol. The van der Waals surface area contributed by atoms with Gasteiger partial charge in [0, 0.05) is 25.3 Å². The number of guanidine groups is 1. The number of aliphatic hydroxyl groups is 1. The lowest BCUT2D eigenvalue weighted by Gasteiger charge is -2.37. The molecule has 0 heterocycles. The Bertz CT molecular complexity index is 548. The first-order chi connectivity index (χ1) is 12.7. The van der Waals surface area contributed by atoms with E-state index in [1.807, 2.05) is 25.1 Å². The van der Waals surface area contributed by atoms with E-state index in [-0.39, 0.29) is 12.0 Å². The largest absolute Gasteiger partial charge is 0.494 e. The Kier molecular flexibility index (Phi) is 8.75. The summed E-state index contributed by atoms with van der Waals surface area (Å²) in [4.78, 5) is 4.75. The number of nitrogens with one attached hydrogen (secondary N) is 2. The highest BCUT2D eigenvalue weighted by Gasteiger charge is 2.31. The number of benzene rings is 1. The van der Waals surface area contributed by atoms with E-state index in [2.05, 4.69) is 23.6 Å². The number of aliphatic hydroxyl groups excluding tert-OH is 1. The van der Waals surface area contributed by atoms with Crippen LogP contribution in [0.5, 0.6) is 5.75 Å². The van der Waals surface area contributed by atoms with E-state index in [1.165, 1.54) is 32.1 Å². The van der Waals surface area contributed by atoms with Crippen LogP contribution in [0.1, 0.15) is 57.9 Å². The lowest BCUT2D eigenvalue weighted by molar-refractivity contribution is 0.131. The summed E-state index contributed by atoms with van der Waals surface area (Å²) in [5.41, 5.74) is 1.29. The minimum Gasteiger partial charge on any atom is -0.494 e.